The third-order valence-corrected chi connectivity index (χ3v) is 6.89. The van der Waals surface area contributed by atoms with Gasteiger partial charge in [-0.2, -0.15) is 5.10 Å². The van der Waals surface area contributed by atoms with Crippen molar-refractivity contribution in [3.05, 3.63) is 89.5 Å². The fourth-order valence-corrected chi connectivity index (χ4v) is 4.50. The summed E-state index contributed by atoms with van der Waals surface area (Å²) in [6.45, 7) is 2.71. The summed E-state index contributed by atoms with van der Waals surface area (Å²) < 4.78 is 11.0. The number of carbonyl (C=O) groups is 4. The van der Waals surface area contributed by atoms with Crippen LogP contribution in [-0.2, 0) is 9.59 Å². The Hall–Kier alpha value is -4.99. The van der Waals surface area contributed by atoms with E-state index in [0.717, 1.165) is 38.5 Å². The molecule has 1 aliphatic carbocycles. The molecule has 0 spiro atoms. The topological polar surface area (TPSA) is 135 Å². The number of nitrogens with zero attached hydrogens (tertiary/aromatic N) is 1. The summed E-state index contributed by atoms with van der Waals surface area (Å²) in [5.74, 6) is -1.72. The van der Waals surface area contributed by atoms with Gasteiger partial charge in [-0.1, -0.05) is 44.7 Å². The van der Waals surface area contributed by atoms with Crippen LogP contribution in [-0.4, -0.2) is 42.6 Å². The summed E-state index contributed by atoms with van der Waals surface area (Å²) in [6, 6.07) is 19.9. The Bertz CT molecular complexity index is 1430. The van der Waals surface area contributed by atoms with Gasteiger partial charge in [-0.05, 0) is 85.5 Å². The van der Waals surface area contributed by atoms with Gasteiger partial charge in [0, 0.05) is 6.04 Å². The normalized spacial score (nSPS) is 13.2. The number of ether oxygens (including phenoxy) is 2. The lowest BCUT2D eigenvalue weighted by Crippen LogP contribution is -2.37. The molecule has 43 heavy (non-hydrogen) atoms. The summed E-state index contributed by atoms with van der Waals surface area (Å²) in [6.07, 6.45) is 8.53. The van der Waals surface area contributed by atoms with Crippen molar-refractivity contribution in [3.63, 3.8) is 0 Å². The quantitative estimate of drug-likeness (QED) is 0.0705. The highest BCUT2D eigenvalue weighted by Gasteiger charge is 2.21. The molecule has 1 saturated carbocycles. The molecule has 1 aliphatic rings. The van der Waals surface area contributed by atoms with Crippen molar-refractivity contribution in [1.82, 2.24) is 10.7 Å². The highest BCUT2D eigenvalue weighted by molar-refractivity contribution is 6.40. The number of carbonyl (C=O) groups excluding carboxylic acids is 4. The van der Waals surface area contributed by atoms with Gasteiger partial charge in [0.15, 0.2) is 0 Å². The van der Waals surface area contributed by atoms with Gasteiger partial charge in [0.2, 0.25) is 0 Å². The predicted octanol–water partition coefficient (Wildman–Crippen LogP) is 5.24. The lowest BCUT2D eigenvalue weighted by atomic mass is 9.95. The minimum atomic E-state index is -0.994. The number of esters is 1. The summed E-state index contributed by atoms with van der Waals surface area (Å²) in [5, 5.41) is 9.33. The SMILES string of the molecule is CCCCOc1ccc(C(=O)Oc2ccc(/C=N/NC(=O)C(=O)Nc3ccccc3C(=O)NC3CCCCC3)cc2)cc1. The Morgan fingerprint density at radius 3 is 2.28 bits per heavy atom. The van der Waals surface area contributed by atoms with Gasteiger partial charge < -0.3 is 20.1 Å². The second kappa shape index (κ2) is 15.9. The number of benzene rings is 3. The molecule has 4 rings (SSSR count). The number of hydrogen-bond donors (Lipinski definition) is 3. The van der Waals surface area contributed by atoms with Crippen LogP contribution in [0.15, 0.2) is 77.9 Å². The van der Waals surface area contributed by atoms with E-state index in [2.05, 4.69) is 28.1 Å². The van der Waals surface area contributed by atoms with E-state index < -0.39 is 17.8 Å². The molecule has 0 radical (unpaired) electrons. The molecule has 10 heteroatoms. The molecule has 10 nitrogen and oxygen atoms in total. The molecule has 3 amide bonds. The molecule has 1 fully saturated rings. The average Bonchev–Trinajstić information content (AvgIpc) is 3.03. The van der Waals surface area contributed by atoms with Crippen LogP contribution in [0, 0.1) is 0 Å². The van der Waals surface area contributed by atoms with E-state index in [0.29, 0.717) is 29.2 Å². The lowest BCUT2D eigenvalue weighted by molar-refractivity contribution is -0.136. The number of hydrazone groups is 1. The zero-order valence-corrected chi connectivity index (χ0v) is 24.1. The summed E-state index contributed by atoms with van der Waals surface area (Å²) >= 11 is 0. The Morgan fingerprint density at radius 1 is 0.860 bits per heavy atom. The number of unbranched alkanes of at least 4 members (excludes halogenated alkanes) is 1. The van der Waals surface area contributed by atoms with Gasteiger partial charge in [0.05, 0.1) is 29.6 Å². The number of para-hydroxylation sites is 1. The maximum absolute atomic E-state index is 12.8. The molecule has 3 aromatic carbocycles. The molecule has 0 bridgehead atoms. The van der Waals surface area contributed by atoms with Gasteiger partial charge in [-0.3, -0.25) is 14.4 Å². The summed E-state index contributed by atoms with van der Waals surface area (Å²) in [7, 11) is 0. The van der Waals surface area contributed by atoms with Crippen molar-refractivity contribution in [2.24, 2.45) is 5.10 Å². The van der Waals surface area contributed by atoms with Gasteiger partial charge in [-0.25, -0.2) is 10.2 Å². The summed E-state index contributed by atoms with van der Waals surface area (Å²) in [5.41, 5.74) is 3.69. The molecular formula is C33H36N4O6. The van der Waals surface area contributed by atoms with E-state index in [-0.39, 0.29) is 23.2 Å². The van der Waals surface area contributed by atoms with E-state index >= 15 is 0 Å². The minimum absolute atomic E-state index is 0.108. The molecule has 3 N–H and O–H groups in total. The van der Waals surface area contributed by atoms with E-state index in [1.54, 1.807) is 72.8 Å². The van der Waals surface area contributed by atoms with Crippen LogP contribution in [0.2, 0.25) is 0 Å². The second-order valence-electron chi connectivity index (χ2n) is 10.2. The molecule has 0 atom stereocenters. The molecule has 3 aromatic rings. The van der Waals surface area contributed by atoms with Crippen molar-refractivity contribution >= 4 is 35.6 Å². The third-order valence-electron chi connectivity index (χ3n) is 6.89. The van der Waals surface area contributed by atoms with E-state index in [1.807, 2.05) is 0 Å². The van der Waals surface area contributed by atoms with Crippen LogP contribution in [0.25, 0.3) is 0 Å². The van der Waals surface area contributed by atoms with Crippen molar-refractivity contribution in [3.8, 4) is 11.5 Å². The van der Waals surface area contributed by atoms with E-state index in [9.17, 15) is 19.2 Å². The molecule has 224 valence electrons. The van der Waals surface area contributed by atoms with Crippen LogP contribution in [0.4, 0.5) is 5.69 Å². The maximum atomic E-state index is 12.8. The molecule has 0 unspecified atom stereocenters. The Labute approximate surface area is 250 Å². The van der Waals surface area contributed by atoms with E-state index in [1.165, 1.54) is 12.6 Å². The van der Waals surface area contributed by atoms with Crippen LogP contribution in [0.5, 0.6) is 11.5 Å². The number of hydrogen-bond acceptors (Lipinski definition) is 7. The summed E-state index contributed by atoms with van der Waals surface area (Å²) in [4.78, 5) is 50.1. The predicted molar refractivity (Wildman–Crippen MR) is 163 cm³/mol. The first-order valence-electron chi connectivity index (χ1n) is 14.5. The number of anilines is 1. The third kappa shape index (κ3) is 9.53. The number of nitrogens with one attached hydrogen (secondary N) is 3. The van der Waals surface area contributed by atoms with E-state index in [4.69, 9.17) is 9.47 Å². The van der Waals surface area contributed by atoms with Crippen LogP contribution in [0.3, 0.4) is 0 Å². The largest absolute Gasteiger partial charge is 0.494 e. The van der Waals surface area contributed by atoms with Gasteiger partial charge in [0.25, 0.3) is 5.91 Å². The zero-order chi connectivity index (χ0) is 30.4. The van der Waals surface area contributed by atoms with Gasteiger partial charge in [-0.15, -0.1) is 0 Å². The molecule has 0 heterocycles. The lowest BCUT2D eigenvalue weighted by Gasteiger charge is -2.23. The van der Waals surface area contributed by atoms with Gasteiger partial charge in [0.1, 0.15) is 11.5 Å². The fourth-order valence-electron chi connectivity index (χ4n) is 4.50. The molecule has 0 saturated heterocycles. The van der Waals surface area contributed by atoms with Crippen LogP contribution >= 0.6 is 0 Å². The second-order valence-corrected chi connectivity index (χ2v) is 10.2. The number of rotatable bonds is 11. The molecule has 0 aromatic heterocycles. The zero-order valence-electron chi connectivity index (χ0n) is 24.1. The van der Waals surface area contributed by atoms with Crippen molar-refractivity contribution in [1.29, 1.82) is 0 Å². The maximum Gasteiger partial charge on any atom is 0.343 e. The first-order valence-corrected chi connectivity index (χ1v) is 14.5. The monoisotopic (exact) mass is 584 g/mol. The van der Waals surface area contributed by atoms with Crippen LogP contribution < -0.4 is 25.5 Å². The highest BCUT2D eigenvalue weighted by Crippen LogP contribution is 2.20. The molecular weight excluding hydrogens is 548 g/mol. The van der Waals surface area contributed by atoms with Crippen molar-refractivity contribution < 1.29 is 28.7 Å². The smallest absolute Gasteiger partial charge is 0.343 e. The first-order chi connectivity index (χ1) is 20.9. The first kappa shape index (κ1) is 31.0. The number of amides is 3. The molecule has 0 aliphatic heterocycles. The standard InChI is InChI=1S/C33H36N4O6/c1-2-3-21-42-26-19-15-24(16-20-26)33(41)43-27-17-13-23(14-18-27)22-34-37-32(40)31(39)36-29-12-8-7-11-28(29)30(38)35-25-9-5-4-6-10-25/h7-8,11-20,22,25H,2-6,9-10,21H2,1H3,(H,35,38)(H,36,39)(H,37,40)/b34-22+. The van der Waals surface area contributed by atoms with Gasteiger partial charge >= 0.3 is 17.8 Å². The average molecular weight is 585 g/mol. The fraction of sp³-hybridized carbons (Fsp3) is 0.303. The Balaban J connectivity index is 1.25. The Morgan fingerprint density at radius 2 is 1.56 bits per heavy atom. The van der Waals surface area contributed by atoms with Crippen LogP contribution in [0.1, 0.15) is 78.1 Å². The van der Waals surface area contributed by atoms with Crippen molar-refractivity contribution in [2.75, 3.05) is 11.9 Å². The minimum Gasteiger partial charge on any atom is -0.494 e. The highest BCUT2D eigenvalue weighted by atomic mass is 16.5. The van der Waals surface area contributed by atoms with Crippen molar-refractivity contribution in [2.45, 2.75) is 57.9 Å². The Kier molecular flexibility index (Phi) is 11.4.